The molecular formula is C13H11F4NS. The van der Waals surface area contributed by atoms with Crippen LogP contribution in [0, 0.1) is 5.82 Å². The van der Waals surface area contributed by atoms with Crippen LogP contribution in [0.25, 0.3) is 0 Å². The molecule has 1 heterocycles. The van der Waals surface area contributed by atoms with E-state index in [4.69, 9.17) is 5.73 Å². The molecule has 1 aromatic carbocycles. The molecule has 19 heavy (non-hydrogen) atoms. The van der Waals surface area contributed by atoms with E-state index in [2.05, 4.69) is 0 Å². The number of thiophene rings is 1. The topological polar surface area (TPSA) is 26.0 Å². The van der Waals surface area contributed by atoms with Gasteiger partial charge in [-0.2, -0.15) is 24.5 Å². The van der Waals surface area contributed by atoms with Crippen LogP contribution in [0.1, 0.15) is 22.7 Å². The predicted octanol–water partition coefficient (Wildman–Crippen LogP) is 4.15. The van der Waals surface area contributed by atoms with E-state index in [9.17, 15) is 17.6 Å². The van der Waals surface area contributed by atoms with Gasteiger partial charge in [0.1, 0.15) is 5.82 Å². The molecule has 0 aliphatic carbocycles. The minimum absolute atomic E-state index is 0.278. The lowest BCUT2D eigenvalue weighted by molar-refractivity contribution is -0.140. The number of benzene rings is 1. The monoisotopic (exact) mass is 289 g/mol. The van der Waals surface area contributed by atoms with Crippen molar-refractivity contribution in [2.75, 3.05) is 0 Å². The summed E-state index contributed by atoms with van der Waals surface area (Å²) in [4.78, 5) is 0. The molecule has 0 aliphatic heterocycles. The molecule has 0 bridgehead atoms. The molecule has 1 nitrogen and oxygen atoms in total. The smallest absolute Gasteiger partial charge is 0.324 e. The van der Waals surface area contributed by atoms with Crippen LogP contribution in [0.2, 0.25) is 0 Å². The van der Waals surface area contributed by atoms with E-state index in [0.29, 0.717) is 6.42 Å². The molecule has 0 amide bonds. The zero-order valence-corrected chi connectivity index (χ0v) is 10.6. The highest BCUT2D eigenvalue weighted by molar-refractivity contribution is 7.07. The first-order chi connectivity index (χ1) is 8.88. The van der Waals surface area contributed by atoms with Gasteiger partial charge in [-0.3, -0.25) is 0 Å². The maximum absolute atomic E-state index is 13.1. The zero-order valence-electron chi connectivity index (χ0n) is 9.75. The maximum Gasteiger partial charge on any atom is 0.419 e. The van der Waals surface area contributed by atoms with E-state index >= 15 is 0 Å². The quantitative estimate of drug-likeness (QED) is 0.844. The second-order valence-corrected chi connectivity index (χ2v) is 4.96. The minimum atomic E-state index is -4.71. The van der Waals surface area contributed by atoms with Crippen molar-refractivity contribution in [1.82, 2.24) is 0 Å². The highest BCUT2D eigenvalue weighted by Gasteiger charge is 2.34. The zero-order chi connectivity index (χ0) is 14.0. The number of nitrogens with two attached hydrogens (primary N) is 1. The second kappa shape index (κ2) is 5.30. The normalized spacial score (nSPS) is 13.5. The van der Waals surface area contributed by atoms with Crippen molar-refractivity contribution in [2.24, 2.45) is 5.73 Å². The van der Waals surface area contributed by atoms with Gasteiger partial charge < -0.3 is 5.73 Å². The molecule has 2 aromatic rings. The van der Waals surface area contributed by atoms with E-state index in [1.807, 2.05) is 16.8 Å². The van der Waals surface area contributed by atoms with Crippen molar-refractivity contribution in [1.29, 1.82) is 0 Å². The lowest BCUT2D eigenvalue weighted by Crippen LogP contribution is -2.15. The van der Waals surface area contributed by atoms with Gasteiger partial charge in [-0.05, 0) is 46.5 Å². The molecule has 6 heteroatoms. The van der Waals surface area contributed by atoms with Gasteiger partial charge in [-0.1, -0.05) is 6.07 Å². The fraction of sp³-hybridized carbons (Fsp3) is 0.231. The molecule has 0 saturated carbocycles. The Balaban J connectivity index is 2.25. The number of rotatable bonds is 3. The van der Waals surface area contributed by atoms with Crippen LogP contribution in [0.4, 0.5) is 17.6 Å². The fourth-order valence-electron chi connectivity index (χ4n) is 1.77. The highest BCUT2D eigenvalue weighted by atomic mass is 32.1. The lowest BCUT2D eigenvalue weighted by Gasteiger charge is -2.14. The summed E-state index contributed by atoms with van der Waals surface area (Å²) in [5.74, 6) is -1.28. The largest absolute Gasteiger partial charge is 0.419 e. The Hall–Kier alpha value is -1.40. The van der Waals surface area contributed by atoms with Gasteiger partial charge in [0.25, 0.3) is 0 Å². The third kappa shape index (κ3) is 3.33. The average molecular weight is 289 g/mol. The van der Waals surface area contributed by atoms with Crippen LogP contribution in [0.5, 0.6) is 0 Å². The molecule has 1 aromatic heterocycles. The third-order valence-electron chi connectivity index (χ3n) is 2.76. The molecule has 1 unspecified atom stereocenters. The van der Waals surface area contributed by atoms with Crippen molar-refractivity contribution < 1.29 is 17.6 Å². The Labute approximate surface area is 111 Å². The maximum atomic E-state index is 13.1. The van der Waals surface area contributed by atoms with Crippen molar-refractivity contribution in [3.8, 4) is 0 Å². The van der Waals surface area contributed by atoms with Gasteiger partial charge in [0.05, 0.1) is 5.56 Å². The molecule has 0 saturated heterocycles. The fourth-order valence-corrected chi connectivity index (χ4v) is 2.45. The Morgan fingerprint density at radius 1 is 1.21 bits per heavy atom. The van der Waals surface area contributed by atoms with E-state index in [0.717, 1.165) is 17.7 Å². The summed E-state index contributed by atoms with van der Waals surface area (Å²) in [6.45, 7) is 0. The standard InChI is InChI=1S/C13H11F4NS/c14-11-2-1-9(6-10(11)13(15,16)17)12(18)5-8-3-4-19-7-8/h1-4,6-7,12H,5,18H2. The second-order valence-electron chi connectivity index (χ2n) is 4.18. The molecule has 102 valence electrons. The molecule has 0 radical (unpaired) electrons. The van der Waals surface area contributed by atoms with Crippen LogP contribution >= 0.6 is 11.3 Å². The molecule has 0 aliphatic rings. The SMILES string of the molecule is NC(Cc1ccsc1)c1ccc(F)c(C(F)(F)F)c1. The molecular weight excluding hydrogens is 278 g/mol. The van der Waals surface area contributed by atoms with Crippen molar-refractivity contribution in [3.63, 3.8) is 0 Å². The number of halogens is 4. The molecule has 2 rings (SSSR count). The van der Waals surface area contributed by atoms with Crippen molar-refractivity contribution in [2.45, 2.75) is 18.6 Å². The minimum Gasteiger partial charge on any atom is -0.324 e. The average Bonchev–Trinajstić information content (AvgIpc) is 2.80. The predicted molar refractivity (Wildman–Crippen MR) is 66.4 cm³/mol. The van der Waals surface area contributed by atoms with E-state index in [1.54, 1.807) is 0 Å². The first kappa shape index (κ1) is 14.0. The summed E-state index contributed by atoms with van der Waals surface area (Å²) in [6.07, 6.45) is -4.28. The van der Waals surface area contributed by atoms with Crippen LogP contribution in [-0.4, -0.2) is 0 Å². The first-order valence-corrected chi connectivity index (χ1v) is 6.45. The molecule has 2 N–H and O–H groups in total. The van der Waals surface area contributed by atoms with Gasteiger partial charge in [0.15, 0.2) is 0 Å². The van der Waals surface area contributed by atoms with Gasteiger partial charge in [0, 0.05) is 6.04 Å². The van der Waals surface area contributed by atoms with Gasteiger partial charge in [-0.25, -0.2) is 4.39 Å². The lowest BCUT2D eigenvalue weighted by atomic mass is 9.99. The van der Waals surface area contributed by atoms with Crippen LogP contribution in [-0.2, 0) is 12.6 Å². The summed E-state index contributed by atoms with van der Waals surface area (Å²) in [5, 5.41) is 3.75. The van der Waals surface area contributed by atoms with E-state index in [1.165, 1.54) is 17.4 Å². The number of alkyl halides is 3. The van der Waals surface area contributed by atoms with Crippen molar-refractivity contribution in [3.05, 3.63) is 57.5 Å². The Kier molecular flexibility index (Phi) is 3.91. The van der Waals surface area contributed by atoms with Crippen LogP contribution in [0.15, 0.2) is 35.0 Å². The highest BCUT2D eigenvalue weighted by Crippen LogP contribution is 2.33. The number of hydrogen-bond donors (Lipinski definition) is 1. The Morgan fingerprint density at radius 2 is 1.95 bits per heavy atom. The molecule has 1 atom stereocenters. The van der Waals surface area contributed by atoms with Gasteiger partial charge >= 0.3 is 6.18 Å². The summed E-state index contributed by atoms with van der Waals surface area (Å²) in [6, 6.07) is 4.16. The molecule has 0 fully saturated rings. The van der Waals surface area contributed by atoms with Crippen LogP contribution < -0.4 is 5.73 Å². The van der Waals surface area contributed by atoms with E-state index < -0.39 is 23.6 Å². The van der Waals surface area contributed by atoms with E-state index in [-0.39, 0.29) is 5.56 Å². The van der Waals surface area contributed by atoms with Crippen molar-refractivity contribution >= 4 is 11.3 Å². The van der Waals surface area contributed by atoms with Gasteiger partial charge in [-0.15, -0.1) is 0 Å². The first-order valence-electron chi connectivity index (χ1n) is 5.51. The Bertz CT molecular complexity index is 548. The summed E-state index contributed by atoms with van der Waals surface area (Å²) in [5.41, 5.74) is 5.82. The molecule has 0 spiro atoms. The number of hydrogen-bond acceptors (Lipinski definition) is 2. The van der Waals surface area contributed by atoms with Crippen LogP contribution in [0.3, 0.4) is 0 Å². The summed E-state index contributed by atoms with van der Waals surface area (Å²) < 4.78 is 50.9. The third-order valence-corrected chi connectivity index (χ3v) is 3.49. The van der Waals surface area contributed by atoms with Gasteiger partial charge in [0.2, 0.25) is 0 Å². The summed E-state index contributed by atoms with van der Waals surface area (Å²) in [7, 11) is 0. The Morgan fingerprint density at radius 3 is 2.53 bits per heavy atom. The summed E-state index contributed by atoms with van der Waals surface area (Å²) >= 11 is 1.49.